The highest BCUT2D eigenvalue weighted by Crippen LogP contribution is 2.38. The van der Waals surface area contributed by atoms with Crippen molar-refractivity contribution in [3.05, 3.63) is 87.4 Å². The molecule has 1 unspecified atom stereocenters. The first-order valence-corrected chi connectivity index (χ1v) is 11.2. The van der Waals surface area contributed by atoms with Gasteiger partial charge in [-0.15, -0.1) is 11.3 Å². The molecule has 31 heavy (non-hydrogen) atoms. The van der Waals surface area contributed by atoms with Gasteiger partial charge >= 0.3 is 0 Å². The third-order valence-electron chi connectivity index (χ3n) is 5.45. The Labute approximate surface area is 189 Å². The van der Waals surface area contributed by atoms with Gasteiger partial charge in [0.05, 0.1) is 26.7 Å². The maximum atomic E-state index is 10.6. The number of hydrazone groups is 1. The molecule has 156 valence electrons. The van der Waals surface area contributed by atoms with Crippen LogP contribution in [0.15, 0.2) is 65.9 Å². The molecule has 0 bridgehead atoms. The van der Waals surface area contributed by atoms with Crippen molar-refractivity contribution in [3.63, 3.8) is 0 Å². The van der Waals surface area contributed by atoms with Gasteiger partial charge in [0, 0.05) is 23.7 Å². The van der Waals surface area contributed by atoms with Gasteiger partial charge in [-0.3, -0.25) is 0 Å². The number of benzene rings is 2. The molecule has 4 aromatic rings. The summed E-state index contributed by atoms with van der Waals surface area (Å²) in [6.45, 7) is 3.94. The average molecular weight is 449 g/mol. The van der Waals surface area contributed by atoms with E-state index >= 15 is 0 Å². The van der Waals surface area contributed by atoms with Crippen LogP contribution in [-0.4, -0.2) is 20.6 Å². The summed E-state index contributed by atoms with van der Waals surface area (Å²) >= 11 is 7.72. The molecule has 0 saturated heterocycles. The van der Waals surface area contributed by atoms with Crippen molar-refractivity contribution in [3.8, 4) is 22.0 Å². The standard InChI is InChI=1S/C24H21ClN4OS/c1-14-10-15(2)24(30)17(11-14)19-12-20(27-26-19)18-13-29(16-6-4-3-5-7-16)28-23(18)21-8-9-22(25)31-21/h3-11,13,20,27,30H,12H2,1-2H3. The summed E-state index contributed by atoms with van der Waals surface area (Å²) < 4.78 is 2.62. The summed E-state index contributed by atoms with van der Waals surface area (Å²) in [5, 5.41) is 20.0. The summed E-state index contributed by atoms with van der Waals surface area (Å²) in [5.41, 5.74) is 9.77. The molecule has 0 aliphatic carbocycles. The lowest BCUT2D eigenvalue weighted by molar-refractivity contribution is 0.469. The average Bonchev–Trinajstić information content (AvgIpc) is 3.50. The monoisotopic (exact) mass is 448 g/mol. The second-order valence-electron chi connectivity index (χ2n) is 7.74. The third-order valence-corrected chi connectivity index (χ3v) is 6.69. The van der Waals surface area contributed by atoms with Gasteiger partial charge in [-0.05, 0) is 55.3 Å². The molecule has 7 heteroatoms. The SMILES string of the molecule is Cc1cc(C)c(O)c(C2=NNC(c3cn(-c4ccccc4)nc3-c3ccc(Cl)s3)C2)c1. The first kappa shape index (κ1) is 19.8. The van der Waals surface area contributed by atoms with Crippen LogP contribution in [0.25, 0.3) is 16.3 Å². The molecule has 0 fully saturated rings. The molecule has 0 saturated carbocycles. The lowest BCUT2D eigenvalue weighted by Gasteiger charge is -2.11. The molecule has 5 nitrogen and oxygen atoms in total. The van der Waals surface area contributed by atoms with E-state index in [0.717, 1.165) is 48.6 Å². The van der Waals surface area contributed by atoms with E-state index in [9.17, 15) is 5.11 Å². The van der Waals surface area contributed by atoms with Gasteiger partial charge < -0.3 is 10.5 Å². The number of phenolic OH excluding ortho intramolecular Hbond substituents is 1. The van der Waals surface area contributed by atoms with E-state index in [4.69, 9.17) is 16.7 Å². The Kier molecular flexibility index (Phi) is 5.04. The molecule has 2 aromatic carbocycles. The quantitative estimate of drug-likeness (QED) is 0.401. The van der Waals surface area contributed by atoms with Gasteiger partial charge in [0.2, 0.25) is 0 Å². The van der Waals surface area contributed by atoms with Crippen LogP contribution in [0.4, 0.5) is 0 Å². The van der Waals surface area contributed by atoms with Crippen LogP contribution in [0, 0.1) is 13.8 Å². The Balaban J connectivity index is 1.53. The first-order chi connectivity index (χ1) is 15.0. The second kappa shape index (κ2) is 7.87. The van der Waals surface area contributed by atoms with Crippen LogP contribution in [0.3, 0.4) is 0 Å². The van der Waals surface area contributed by atoms with Crippen molar-refractivity contribution < 1.29 is 5.11 Å². The van der Waals surface area contributed by atoms with Gasteiger partial charge in [0.15, 0.2) is 0 Å². The molecule has 1 atom stereocenters. The van der Waals surface area contributed by atoms with Crippen molar-refractivity contribution in [2.75, 3.05) is 0 Å². The fourth-order valence-electron chi connectivity index (χ4n) is 3.96. The normalized spacial score (nSPS) is 15.7. The molecular weight excluding hydrogens is 428 g/mol. The van der Waals surface area contributed by atoms with Crippen molar-refractivity contribution in [1.82, 2.24) is 15.2 Å². The third kappa shape index (κ3) is 3.73. The molecule has 5 rings (SSSR count). The van der Waals surface area contributed by atoms with Crippen LogP contribution >= 0.6 is 22.9 Å². The smallest absolute Gasteiger partial charge is 0.127 e. The molecule has 0 spiro atoms. The predicted octanol–water partition coefficient (Wildman–Crippen LogP) is 6.02. The molecule has 0 radical (unpaired) electrons. The molecule has 2 aromatic heterocycles. The van der Waals surface area contributed by atoms with E-state index in [1.807, 2.05) is 73.1 Å². The van der Waals surface area contributed by atoms with Crippen LogP contribution in [-0.2, 0) is 0 Å². The number of para-hydroxylation sites is 1. The molecule has 3 heterocycles. The fourth-order valence-corrected chi connectivity index (χ4v) is 5.01. The van der Waals surface area contributed by atoms with Gasteiger partial charge in [0.1, 0.15) is 11.4 Å². The summed E-state index contributed by atoms with van der Waals surface area (Å²) in [4.78, 5) is 1.01. The van der Waals surface area contributed by atoms with E-state index in [0.29, 0.717) is 6.42 Å². The van der Waals surface area contributed by atoms with Crippen LogP contribution in [0.1, 0.15) is 34.7 Å². The molecule has 2 N–H and O–H groups in total. The van der Waals surface area contributed by atoms with E-state index in [1.165, 1.54) is 11.3 Å². The summed E-state index contributed by atoms with van der Waals surface area (Å²) in [6.07, 6.45) is 2.71. The Bertz CT molecular complexity index is 1290. The lowest BCUT2D eigenvalue weighted by Crippen LogP contribution is -2.10. The Hall–Kier alpha value is -3.09. The Morgan fingerprint density at radius 2 is 1.94 bits per heavy atom. The summed E-state index contributed by atoms with van der Waals surface area (Å²) in [6, 6.07) is 17.8. The minimum atomic E-state index is -0.0523. The largest absolute Gasteiger partial charge is 0.507 e. The van der Waals surface area contributed by atoms with Gasteiger partial charge in [0.25, 0.3) is 0 Å². The highest BCUT2D eigenvalue weighted by Gasteiger charge is 2.28. The number of hydrogen-bond donors (Lipinski definition) is 2. The van der Waals surface area contributed by atoms with Crippen molar-refractivity contribution in [2.45, 2.75) is 26.3 Å². The van der Waals surface area contributed by atoms with Crippen molar-refractivity contribution >= 4 is 28.6 Å². The zero-order valence-corrected chi connectivity index (χ0v) is 18.7. The van der Waals surface area contributed by atoms with Gasteiger partial charge in [-0.2, -0.15) is 10.2 Å². The summed E-state index contributed by atoms with van der Waals surface area (Å²) in [7, 11) is 0. The van der Waals surface area contributed by atoms with E-state index in [1.54, 1.807) is 0 Å². The second-order valence-corrected chi connectivity index (χ2v) is 9.45. The Morgan fingerprint density at radius 3 is 2.68 bits per heavy atom. The van der Waals surface area contributed by atoms with E-state index < -0.39 is 0 Å². The minimum Gasteiger partial charge on any atom is -0.507 e. The Morgan fingerprint density at radius 1 is 1.13 bits per heavy atom. The molecular formula is C24H21ClN4OS. The highest BCUT2D eigenvalue weighted by molar-refractivity contribution is 7.19. The van der Waals surface area contributed by atoms with Crippen LogP contribution < -0.4 is 5.43 Å². The van der Waals surface area contributed by atoms with Crippen molar-refractivity contribution in [2.24, 2.45) is 5.10 Å². The van der Waals surface area contributed by atoms with E-state index in [2.05, 4.69) is 16.7 Å². The fraction of sp³-hybridized carbons (Fsp3) is 0.167. The number of hydrogen-bond acceptors (Lipinski definition) is 5. The zero-order valence-electron chi connectivity index (χ0n) is 17.1. The number of aromatic nitrogens is 2. The number of nitrogens with one attached hydrogen (secondary N) is 1. The summed E-state index contributed by atoms with van der Waals surface area (Å²) in [5.74, 6) is 0.289. The molecule has 1 aliphatic rings. The maximum Gasteiger partial charge on any atom is 0.127 e. The number of aryl methyl sites for hydroxylation is 2. The maximum absolute atomic E-state index is 10.6. The first-order valence-electron chi connectivity index (χ1n) is 10.0. The number of nitrogens with zero attached hydrogens (tertiary/aromatic N) is 3. The molecule has 0 amide bonds. The lowest BCUT2D eigenvalue weighted by atomic mass is 9.96. The molecule has 1 aliphatic heterocycles. The van der Waals surface area contributed by atoms with Gasteiger partial charge in [-0.25, -0.2) is 4.68 Å². The zero-order chi connectivity index (χ0) is 21.5. The number of rotatable bonds is 4. The number of phenols is 1. The number of aromatic hydroxyl groups is 1. The van der Waals surface area contributed by atoms with Crippen LogP contribution in [0.2, 0.25) is 4.34 Å². The highest BCUT2D eigenvalue weighted by atomic mass is 35.5. The topological polar surface area (TPSA) is 62.4 Å². The predicted molar refractivity (Wildman–Crippen MR) is 126 cm³/mol. The number of thiophene rings is 1. The van der Waals surface area contributed by atoms with Gasteiger partial charge in [-0.1, -0.05) is 35.9 Å². The minimum absolute atomic E-state index is 0.0523. The number of halogens is 1. The van der Waals surface area contributed by atoms with E-state index in [-0.39, 0.29) is 11.8 Å². The van der Waals surface area contributed by atoms with Crippen molar-refractivity contribution in [1.29, 1.82) is 0 Å². The van der Waals surface area contributed by atoms with Crippen LogP contribution in [0.5, 0.6) is 5.75 Å².